The molecule has 0 aromatic heterocycles. The molecule has 0 bridgehead atoms. The molecule has 1 aromatic rings. The lowest BCUT2D eigenvalue weighted by atomic mass is 9.97. The summed E-state index contributed by atoms with van der Waals surface area (Å²) in [6, 6.07) is 3.26. The van der Waals surface area contributed by atoms with Crippen molar-refractivity contribution in [2.24, 2.45) is 0 Å². The number of aromatic hydroxyl groups is 1. The Kier molecular flexibility index (Phi) is 4.69. The molecule has 6 heteroatoms. The normalized spacial score (nSPS) is 18.4. The zero-order chi connectivity index (χ0) is 17.2. The van der Waals surface area contributed by atoms with Gasteiger partial charge in [0, 0.05) is 13.1 Å². The molecule has 0 spiro atoms. The molecule has 0 saturated heterocycles. The van der Waals surface area contributed by atoms with Crippen LogP contribution in [0.1, 0.15) is 27.9 Å². The molecule has 0 fully saturated rings. The van der Waals surface area contributed by atoms with E-state index < -0.39 is 10.0 Å². The van der Waals surface area contributed by atoms with E-state index in [1.807, 2.05) is 12.2 Å². The molecule has 2 aliphatic rings. The van der Waals surface area contributed by atoms with Crippen LogP contribution in [-0.4, -0.2) is 37.2 Å². The van der Waals surface area contributed by atoms with Crippen molar-refractivity contribution in [3.63, 3.8) is 0 Å². The van der Waals surface area contributed by atoms with Crippen LogP contribution in [0.4, 0.5) is 0 Å². The number of benzene rings is 1. The second-order valence-electron chi connectivity index (χ2n) is 5.79. The summed E-state index contributed by atoms with van der Waals surface area (Å²) in [4.78, 5) is 11.6. The highest BCUT2D eigenvalue weighted by molar-refractivity contribution is 7.93. The lowest BCUT2D eigenvalue weighted by Crippen LogP contribution is -2.33. The van der Waals surface area contributed by atoms with Crippen LogP contribution in [0, 0.1) is 0 Å². The van der Waals surface area contributed by atoms with Gasteiger partial charge >= 0.3 is 0 Å². The summed E-state index contributed by atoms with van der Waals surface area (Å²) in [5, 5.41) is 9.83. The number of phenols is 1. The van der Waals surface area contributed by atoms with Gasteiger partial charge in [-0.3, -0.25) is 4.79 Å². The summed E-state index contributed by atoms with van der Waals surface area (Å²) in [6.07, 6.45) is 10.9. The van der Waals surface area contributed by atoms with E-state index in [2.05, 4.69) is 0 Å². The first-order valence-corrected chi connectivity index (χ1v) is 9.30. The maximum absolute atomic E-state index is 12.9. The Morgan fingerprint density at radius 1 is 1.12 bits per heavy atom. The monoisotopic (exact) mass is 345 g/mol. The first-order valence-electron chi connectivity index (χ1n) is 7.86. The predicted octanol–water partition coefficient (Wildman–Crippen LogP) is 2.34. The van der Waals surface area contributed by atoms with Gasteiger partial charge in [-0.05, 0) is 42.5 Å². The van der Waals surface area contributed by atoms with E-state index in [0.717, 1.165) is 11.1 Å². The number of sulfonamides is 1. The number of carbonyl (C=O) groups excluding carboxylic acids is 1. The fraction of sp³-hybridized carbons (Fsp3) is 0.278. The Bertz CT molecular complexity index is 850. The summed E-state index contributed by atoms with van der Waals surface area (Å²) >= 11 is 0. The van der Waals surface area contributed by atoms with Crippen LogP contribution < -0.4 is 0 Å². The smallest absolute Gasteiger partial charge is 0.242 e. The summed E-state index contributed by atoms with van der Waals surface area (Å²) < 4.78 is 27.2. The number of carbonyl (C=O) groups is 1. The number of nitrogens with zero attached hydrogens (tertiary/aromatic N) is 1. The third-order valence-corrected chi connectivity index (χ3v) is 6.33. The van der Waals surface area contributed by atoms with E-state index in [4.69, 9.17) is 0 Å². The molecule has 0 radical (unpaired) electrons. The third kappa shape index (κ3) is 3.07. The van der Waals surface area contributed by atoms with Gasteiger partial charge in [0.1, 0.15) is 5.75 Å². The zero-order valence-corrected chi connectivity index (χ0v) is 14.0. The molecule has 3 rings (SSSR count). The van der Waals surface area contributed by atoms with E-state index in [9.17, 15) is 18.3 Å². The summed E-state index contributed by atoms with van der Waals surface area (Å²) in [6.45, 7) is 0.648. The Hall–Kier alpha value is -2.18. The van der Waals surface area contributed by atoms with Crippen molar-refractivity contribution in [1.82, 2.24) is 4.31 Å². The van der Waals surface area contributed by atoms with Crippen molar-refractivity contribution in [2.45, 2.75) is 19.3 Å². The second-order valence-corrected chi connectivity index (χ2v) is 7.73. The van der Waals surface area contributed by atoms with Crippen LogP contribution in [0.5, 0.6) is 5.75 Å². The molecule has 126 valence electrons. The van der Waals surface area contributed by atoms with Crippen LogP contribution in [0.15, 0.2) is 47.4 Å². The number of aldehydes is 1. The maximum atomic E-state index is 12.9. The van der Waals surface area contributed by atoms with Crippen molar-refractivity contribution in [3.8, 4) is 5.75 Å². The Balaban J connectivity index is 1.89. The largest absolute Gasteiger partial charge is 0.507 e. The fourth-order valence-electron chi connectivity index (χ4n) is 3.09. The van der Waals surface area contributed by atoms with Gasteiger partial charge in [-0.15, -0.1) is 0 Å². The van der Waals surface area contributed by atoms with Crippen LogP contribution in [-0.2, 0) is 22.9 Å². The minimum Gasteiger partial charge on any atom is -0.507 e. The molecule has 1 heterocycles. The van der Waals surface area contributed by atoms with Crippen molar-refractivity contribution in [1.29, 1.82) is 0 Å². The van der Waals surface area contributed by atoms with Gasteiger partial charge in [-0.2, -0.15) is 4.31 Å². The van der Waals surface area contributed by atoms with E-state index in [1.54, 1.807) is 24.3 Å². The number of hydrogen-bond acceptors (Lipinski definition) is 4. The van der Waals surface area contributed by atoms with Gasteiger partial charge < -0.3 is 5.11 Å². The zero-order valence-electron chi connectivity index (χ0n) is 13.2. The van der Waals surface area contributed by atoms with Crippen LogP contribution >= 0.6 is 0 Å². The van der Waals surface area contributed by atoms with Crippen LogP contribution in [0.2, 0.25) is 0 Å². The Morgan fingerprint density at radius 3 is 2.71 bits per heavy atom. The average molecular weight is 345 g/mol. The van der Waals surface area contributed by atoms with Gasteiger partial charge in [-0.1, -0.05) is 30.4 Å². The van der Waals surface area contributed by atoms with E-state index in [0.29, 0.717) is 37.0 Å². The summed E-state index contributed by atoms with van der Waals surface area (Å²) in [5.41, 5.74) is 1.93. The third-order valence-electron chi connectivity index (χ3n) is 4.39. The first kappa shape index (κ1) is 16.7. The summed E-state index contributed by atoms with van der Waals surface area (Å²) in [5.74, 6) is -0.0551. The number of phenolic OH excluding ortho intramolecular Hbond substituents is 1. The highest BCUT2D eigenvalue weighted by Gasteiger charge is 2.28. The lowest BCUT2D eigenvalue weighted by Gasteiger charge is -2.20. The molecular formula is C18H19NO4S. The molecule has 24 heavy (non-hydrogen) atoms. The number of rotatable bonds is 3. The van der Waals surface area contributed by atoms with Gasteiger partial charge in [0.15, 0.2) is 6.29 Å². The molecule has 0 saturated carbocycles. The minimum atomic E-state index is -3.56. The van der Waals surface area contributed by atoms with E-state index in [-0.39, 0.29) is 17.9 Å². The highest BCUT2D eigenvalue weighted by atomic mass is 32.2. The molecule has 5 nitrogen and oxygen atoms in total. The van der Waals surface area contributed by atoms with Crippen molar-refractivity contribution < 1.29 is 18.3 Å². The van der Waals surface area contributed by atoms with Crippen molar-refractivity contribution >= 4 is 16.3 Å². The standard InChI is InChI=1S/C18H19NO4S/c20-13-17-16-10-12-19(11-9-14(16)7-8-18(17)21)24(22,23)15-5-3-1-2-4-6-15/h1-3,5-8,13,21H,4,9-12H2. The lowest BCUT2D eigenvalue weighted by molar-refractivity contribution is 0.112. The quantitative estimate of drug-likeness (QED) is 0.853. The molecule has 1 aliphatic carbocycles. The first-order chi connectivity index (χ1) is 11.5. The van der Waals surface area contributed by atoms with Crippen molar-refractivity contribution in [2.75, 3.05) is 13.1 Å². The number of allylic oxidation sites excluding steroid dienone is 5. The maximum Gasteiger partial charge on any atom is 0.242 e. The molecular weight excluding hydrogens is 326 g/mol. The highest BCUT2D eigenvalue weighted by Crippen LogP contribution is 2.28. The number of fused-ring (bicyclic) bond motifs is 1. The van der Waals surface area contributed by atoms with Crippen LogP contribution in [0.25, 0.3) is 0 Å². The van der Waals surface area contributed by atoms with Gasteiger partial charge in [0.05, 0.1) is 10.5 Å². The molecule has 0 atom stereocenters. The Labute approximate surface area is 141 Å². The predicted molar refractivity (Wildman–Crippen MR) is 92.4 cm³/mol. The molecule has 1 N–H and O–H groups in total. The SMILES string of the molecule is O=Cc1c(O)ccc2c1CCN(S(=O)(=O)C1=CCC=CC=C1)CC2. The molecule has 0 amide bonds. The van der Waals surface area contributed by atoms with Gasteiger partial charge in [-0.25, -0.2) is 8.42 Å². The fourth-order valence-corrected chi connectivity index (χ4v) is 4.61. The molecule has 1 aliphatic heterocycles. The molecule has 1 aromatic carbocycles. The topological polar surface area (TPSA) is 74.7 Å². The minimum absolute atomic E-state index is 0.0551. The van der Waals surface area contributed by atoms with E-state index >= 15 is 0 Å². The Morgan fingerprint density at radius 2 is 1.92 bits per heavy atom. The number of hydrogen-bond donors (Lipinski definition) is 1. The van der Waals surface area contributed by atoms with Crippen LogP contribution in [0.3, 0.4) is 0 Å². The van der Waals surface area contributed by atoms with E-state index in [1.165, 1.54) is 10.4 Å². The second kappa shape index (κ2) is 6.75. The van der Waals surface area contributed by atoms with Gasteiger partial charge in [0.25, 0.3) is 0 Å². The average Bonchev–Trinajstić information content (AvgIpc) is 2.96. The molecule has 0 unspecified atom stereocenters. The van der Waals surface area contributed by atoms with Crippen molar-refractivity contribution in [3.05, 3.63) is 64.1 Å². The van der Waals surface area contributed by atoms with Gasteiger partial charge in [0.2, 0.25) is 10.0 Å². The summed E-state index contributed by atoms with van der Waals surface area (Å²) in [7, 11) is -3.56.